The average Bonchev–Trinajstić information content (AvgIpc) is 3.24. The summed E-state index contributed by atoms with van der Waals surface area (Å²) in [5.74, 6) is -1.09. The first-order chi connectivity index (χ1) is 18.1. The van der Waals surface area contributed by atoms with Crippen molar-refractivity contribution in [3.8, 4) is 11.4 Å². The molecule has 2 atom stereocenters. The molecule has 202 valence electrons. The van der Waals surface area contributed by atoms with Gasteiger partial charge >= 0.3 is 5.97 Å². The van der Waals surface area contributed by atoms with Crippen molar-refractivity contribution >= 4 is 16.0 Å². The van der Waals surface area contributed by atoms with Crippen molar-refractivity contribution < 1.29 is 23.1 Å². The van der Waals surface area contributed by atoms with Crippen LogP contribution in [0.15, 0.2) is 77.0 Å². The van der Waals surface area contributed by atoms with Crippen molar-refractivity contribution in [3.05, 3.63) is 83.3 Å². The Labute approximate surface area is 224 Å². The maximum atomic E-state index is 13.6. The number of hydrogen-bond donors (Lipinski definition) is 2. The molecule has 0 aliphatic carbocycles. The van der Waals surface area contributed by atoms with E-state index in [1.54, 1.807) is 11.6 Å². The van der Waals surface area contributed by atoms with E-state index >= 15 is 0 Å². The van der Waals surface area contributed by atoms with Crippen LogP contribution in [0, 0.1) is 0 Å². The number of rotatable bonds is 10. The molecule has 3 N–H and O–H groups in total. The summed E-state index contributed by atoms with van der Waals surface area (Å²) in [5.41, 5.74) is 1.30. The molecule has 9 heteroatoms. The number of cyclic esters (lactones) is 1. The number of benzene rings is 2. The maximum Gasteiger partial charge on any atom is 0.338 e. The van der Waals surface area contributed by atoms with Crippen LogP contribution in [0.1, 0.15) is 63.1 Å². The molecule has 38 heavy (non-hydrogen) atoms. The van der Waals surface area contributed by atoms with Crippen molar-refractivity contribution in [2.45, 2.75) is 68.9 Å². The van der Waals surface area contributed by atoms with Crippen LogP contribution < -0.4 is 5.14 Å². The van der Waals surface area contributed by atoms with Gasteiger partial charge in [-0.25, -0.2) is 23.3 Å². The first-order valence-corrected chi connectivity index (χ1v) is 14.5. The van der Waals surface area contributed by atoms with E-state index in [4.69, 9.17) is 9.88 Å². The van der Waals surface area contributed by atoms with Gasteiger partial charge in [0.1, 0.15) is 17.2 Å². The van der Waals surface area contributed by atoms with Gasteiger partial charge in [0.05, 0.1) is 11.3 Å². The molecule has 0 spiro atoms. The predicted molar refractivity (Wildman–Crippen MR) is 146 cm³/mol. The minimum absolute atomic E-state index is 0.0615. The number of nitrogens with zero attached hydrogens (tertiary/aromatic N) is 2. The molecule has 2 aromatic carbocycles. The molecule has 4 rings (SSSR count). The summed E-state index contributed by atoms with van der Waals surface area (Å²) >= 11 is 0. The Kier molecular flexibility index (Phi) is 8.08. The Morgan fingerprint density at radius 2 is 1.71 bits per heavy atom. The van der Waals surface area contributed by atoms with Crippen LogP contribution in [0.25, 0.3) is 11.4 Å². The first-order valence-electron chi connectivity index (χ1n) is 12.9. The minimum Gasteiger partial charge on any atom is -0.512 e. The molecule has 0 radical (unpaired) electrons. The van der Waals surface area contributed by atoms with Crippen LogP contribution in [-0.2, 0) is 33.0 Å². The Morgan fingerprint density at radius 3 is 2.26 bits per heavy atom. The highest BCUT2D eigenvalue weighted by Gasteiger charge is 2.44. The van der Waals surface area contributed by atoms with Crippen LogP contribution in [-0.4, -0.2) is 34.6 Å². The lowest BCUT2D eigenvalue weighted by molar-refractivity contribution is -0.161. The van der Waals surface area contributed by atoms with Gasteiger partial charge in [-0.1, -0.05) is 80.9 Å². The number of aliphatic hydroxyl groups is 1. The van der Waals surface area contributed by atoms with E-state index in [1.807, 2.05) is 74.5 Å². The molecule has 2 heterocycles. The molecule has 0 saturated carbocycles. The molecule has 0 saturated heterocycles. The van der Waals surface area contributed by atoms with Crippen LogP contribution >= 0.6 is 0 Å². The van der Waals surface area contributed by atoms with Crippen LogP contribution in [0.2, 0.25) is 0 Å². The zero-order valence-corrected chi connectivity index (χ0v) is 22.9. The van der Waals surface area contributed by atoms with Crippen molar-refractivity contribution in [1.82, 2.24) is 9.55 Å². The third-order valence-electron chi connectivity index (χ3n) is 7.24. The second-order valence-corrected chi connectivity index (χ2v) is 11.4. The Morgan fingerprint density at radius 1 is 1.08 bits per heavy atom. The highest BCUT2D eigenvalue weighted by atomic mass is 32.2. The lowest BCUT2D eigenvalue weighted by Crippen LogP contribution is -2.42. The number of imidazole rings is 1. The monoisotopic (exact) mass is 537 g/mol. The summed E-state index contributed by atoms with van der Waals surface area (Å²) in [5, 5.41) is 16.6. The molecule has 1 aliphatic rings. The number of sulfonamides is 1. The molecule has 0 bridgehead atoms. The third kappa shape index (κ3) is 5.54. The molecular formula is C29H35N3O5S. The smallest absolute Gasteiger partial charge is 0.338 e. The van der Waals surface area contributed by atoms with Crippen LogP contribution in [0.4, 0.5) is 0 Å². The number of aryl methyl sites for hydroxylation is 1. The third-order valence-corrected chi connectivity index (χ3v) is 8.08. The first kappa shape index (κ1) is 27.6. The van der Waals surface area contributed by atoms with Gasteiger partial charge in [0.15, 0.2) is 5.03 Å². The fraction of sp³-hybridized carbons (Fsp3) is 0.379. The molecule has 1 aliphatic heterocycles. The second kappa shape index (κ2) is 11.1. The van der Waals surface area contributed by atoms with Crippen LogP contribution in [0.5, 0.6) is 0 Å². The lowest BCUT2D eigenvalue weighted by Gasteiger charge is -2.38. The number of aromatic nitrogens is 2. The van der Waals surface area contributed by atoms with E-state index in [0.29, 0.717) is 37.1 Å². The largest absolute Gasteiger partial charge is 0.512 e. The van der Waals surface area contributed by atoms with E-state index in [-0.39, 0.29) is 28.5 Å². The van der Waals surface area contributed by atoms with Crippen LogP contribution in [0.3, 0.4) is 0 Å². The number of hydrogen-bond acceptors (Lipinski definition) is 6. The molecular weight excluding hydrogens is 502 g/mol. The van der Waals surface area contributed by atoms with Crippen molar-refractivity contribution in [3.63, 3.8) is 0 Å². The molecule has 0 amide bonds. The van der Waals surface area contributed by atoms with Crippen molar-refractivity contribution in [2.24, 2.45) is 12.2 Å². The van der Waals surface area contributed by atoms with E-state index in [2.05, 4.69) is 4.98 Å². The number of ether oxygens (including phenoxy) is 1. The number of nitrogens with two attached hydrogens (primary N) is 1. The van der Waals surface area contributed by atoms with Gasteiger partial charge in [0, 0.05) is 24.9 Å². The summed E-state index contributed by atoms with van der Waals surface area (Å²) in [6.45, 7) is 3.84. The van der Waals surface area contributed by atoms with Crippen molar-refractivity contribution in [2.75, 3.05) is 0 Å². The van der Waals surface area contributed by atoms with Gasteiger partial charge in [0.2, 0.25) is 0 Å². The standard InChI is InChI=1S/C29H35N3O5S/c1-4-17-29(18-16-20-12-8-6-9-13-20)19-23(33)24(28(34)37-29)22(5-2)25-27(38(30,35)36)31-26(32(25)3)21-14-10-7-11-15-21/h6-15,22,33H,4-5,16-19H2,1-3H3,(H2,30,35,36). The fourth-order valence-corrected chi connectivity index (χ4v) is 6.27. The molecule has 1 aromatic heterocycles. The Balaban J connectivity index is 1.76. The molecule has 0 fully saturated rings. The van der Waals surface area contributed by atoms with Gasteiger partial charge in [-0.3, -0.25) is 0 Å². The van der Waals surface area contributed by atoms with Gasteiger partial charge < -0.3 is 14.4 Å². The Hall–Kier alpha value is -3.43. The summed E-state index contributed by atoms with van der Waals surface area (Å²) in [6, 6.07) is 19.1. The van der Waals surface area contributed by atoms with E-state index in [1.165, 1.54) is 0 Å². The summed E-state index contributed by atoms with van der Waals surface area (Å²) in [7, 11) is -2.54. The van der Waals surface area contributed by atoms with Gasteiger partial charge in [-0.2, -0.15) is 0 Å². The molecule has 3 aromatic rings. The van der Waals surface area contributed by atoms with Gasteiger partial charge in [-0.15, -0.1) is 0 Å². The normalized spacial score (nSPS) is 18.9. The Bertz CT molecular complexity index is 1430. The highest BCUT2D eigenvalue weighted by Crippen LogP contribution is 2.43. The zero-order chi connectivity index (χ0) is 27.5. The van der Waals surface area contributed by atoms with E-state index in [0.717, 1.165) is 12.0 Å². The van der Waals surface area contributed by atoms with Gasteiger partial charge in [0.25, 0.3) is 10.0 Å². The molecule has 8 nitrogen and oxygen atoms in total. The highest BCUT2D eigenvalue weighted by molar-refractivity contribution is 7.89. The topological polar surface area (TPSA) is 125 Å². The fourth-order valence-electron chi connectivity index (χ4n) is 5.48. The lowest BCUT2D eigenvalue weighted by atomic mass is 9.81. The quantitative estimate of drug-likeness (QED) is 0.344. The zero-order valence-electron chi connectivity index (χ0n) is 22.1. The predicted octanol–water partition coefficient (Wildman–Crippen LogP) is 5.16. The second-order valence-electron chi connectivity index (χ2n) is 9.90. The van der Waals surface area contributed by atoms with Gasteiger partial charge in [-0.05, 0) is 31.2 Å². The SMILES string of the molecule is CCCC1(CCc2ccccc2)CC(O)=C(C(CC)c2c(S(N)(=O)=O)nc(-c3ccccc3)n2C)C(=O)O1. The van der Waals surface area contributed by atoms with E-state index in [9.17, 15) is 18.3 Å². The number of aliphatic hydroxyl groups excluding tert-OH is 1. The number of carbonyl (C=O) groups is 1. The summed E-state index contributed by atoms with van der Waals surface area (Å²) < 4.78 is 33.0. The molecule has 2 unspecified atom stereocenters. The van der Waals surface area contributed by atoms with Crippen molar-refractivity contribution in [1.29, 1.82) is 0 Å². The summed E-state index contributed by atoms with van der Waals surface area (Å²) in [6.07, 6.45) is 3.14. The number of esters is 1. The number of primary sulfonamides is 1. The summed E-state index contributed by atoms with van der Waals surface area (Å²) in [4.78, 5) is 18.0. The minimum atomic E-state index is -4.23. The average molecular weight is 538 g/mol. The maximum absolute atomic E-state index is 13.6. The van der Waals surface area contributed by atoms with E-state index < -0.39 is 27.5 Å². The number of carbonyl (C=O) groups excluding carboxylic acids is 1.